The van der Waals surface area contributed by atoms with Crippen molar-refractivity contribution in [1.29, 1.82) is 0 Å². The highest BCUT2D eigenvalue weighted by Crippen LogP contribution is 2.31. The fourth-order valence-electron chi connectivity index (χ4n) is 2.99. The van der Waals surface area contributed by atoms with Crippen LogP contribution in [0.4, 0.5) is 0 Å². The molecule has 29 heavy (non-hydrogen) atoms. The van der Waals surface area contributed by atoms with E-state index in [4.69, 9.17) is 14.0 Å². The van der Waals surface area contributed by atoms with Crippen molar-refractivity contribution in [2.75, 3.05) is 13.2 Å². The van der Waals surface area contributed by atoms with Crippen molar-refractivity contribution in [2.45, 2.75) is 30.7 Å². The summed E-state index contributed by atoms with van der Waals surface area (Å²) in [6.07, 6.45) is 1.44. The monoisotopic (exact) mass is 411 g/mol. The van der Waals surface area contributed by atoms with Crippen LogP contribution in [0.25, 0.3) is 0 Å². The molecular formula is C21H21N3O4S. The van der Waals surface area contributed by atoms with E-state index in [9.17, 15) is 4.79 Å². The van der Waals surface area contributed by atoms with Crippen LogP contribution in [-0.4, -0.2) is 35.3 Å². The largest absolute Gasteiger partial charge is 0.486 e. The standard InChI is InChI=1S/C21H21N3O4S/c1-13-17(14(2)28-24-13)12-29-21-16(6-5-9-22-21)20(25)23-10-15-11-26-18-7-3-4-8-19(18)27-15/h3-9,15H,10-12H2,1-2H3,(H,23,25)/t15-/m0/s1. The van der Waals surface area contributed by atoms with E-state index in [1.54, 1.807) is 18.3 Å². The number of rotatable bonds is 6. The summed E-state index contributed by atoms with van der Waals surface area (Å²) in [5, 5.41) is 7.56. The fourth-order valence-corrected chi connectivity index (χ4v) is 4.14. The van der Waals surface area contributed by atoms with Gasteiger partial charge in [0, 0.05) is 17.5 Å². The molecule has 0 radical (unpaired) electrons. The molecule has 1 aliphatic rings. The summed E-state index contributed by atoms with van der Waals surface area (Å²) in [6, 6.07) is 11.0. The molecule has 0 spiro atoms. The summed E-state index contributed by atoms with van der Waals surface area (Å²) in [6.45, 7) is 4.52. The first-order valence-electron chi connectivity index (χ1n) is 9.28. The number of nitrogens with zero attached hydrogens (tertiary/aromatic N) is 2. The number of thioether (sulfide) groups is 1. The third-order valence-corrected chi connectivity index (χ3v) is 5.64. The second-order valence-electron chi connectivity index (χ2n) is 6.66. The minimum absolute atomic E-state index is 0.193. The van der Waals surface area contributed by atoms with E-state index in [0.29, 0.717) is 35.2 Å². The highest BCUT2D eigenvalue weighted by Gasteiger charge is 2.22. The van der Waals surface area contributed by atoms with Gasteiger partial charge < -0.3 is 19.3 Å². The number of amides is 1. The Balaban J connectivity index is 1.38. The molecule has 1 N–H and O–H groups in total. The van der Waals surface area contributed by atoms with Crippen molar-refractivity contribution < 1.29 is 18.8 Å². The quantitative estimate of drug-likeness (QED) is 0.621. The van der Waals surface area contributed by atoms with E-state index in [-0.39, 0.29) is 12.0 Å². The SMILES string of the molecule is Cc1noc(C)c1CSc1ncccc1C(=O)NC[C@H]1COc2ccccc2O1. The van der Waals surface area contributed by atoms with E-state index in [0.717, 1.165) is 22.8 Å². The Morgan fingerprint density at radius 1 is 1.21 bits per heavy atom. The Bertz CT molecular complexity index is 1000. The molecular weight excluding hydrogens is 390 g/mol. The topological polar surface area (TPSA) is 86.5 Å². The molecule has 0 bridgehead atoms. The van der Waals surface area contributed by atoms with Crippen LogP contribution in [0.15, 0.2) is 52.1 Å². The van der Waals surface area contributed by atoms with Crippen molar-refractivity contribution in [1.82, 2.24) is 15.5 Å². The Morgan fingerprint density at radius 2 is 2.03 bits per heavy atom. The number of carbonyl (C=O) groups excluding carboxylic acids is 1. The van der Waals surface area contributed by atoms with Gasteiger partial charge in [0.2, 0.25) is 0 Å². The number of carbonyl (C=O) groups is 1. The van der Waals surface area contributed by atoms with Gasteiger partial charge in [-0.1, -0.05) is 17.3 Å². The van der Waals surface area contributed by atoms with Crippen LogP contribution in [-0.2, 0) is 5.75 Å². The predicted molar refractivity (Wildman–Crippen MR) is 108 cm³/mol. The molecule has 4 rings (SSSR count). The van der Waals surface area contributed by atoms with Crippen molar-refractivity contribution in [3.63, 3.8) is 0 Å². The van der Waals surface area contributed by atoms with Crippen LogP contribution in [0.5, 0.6) is 11.5 Å². The summed E-state index contributed by atoms with van der Waals surface area (Å²) >= 11 is 1.49. The number of aromatic nitrogens is 2. The maximum Gasteiger partial charge on any atom is 0.254 e. The number of ether oxygens (including phenoxy) is 2. The average Bonchev–Trinajstić information content (AvgIpc) is 3.08. The summed E-state index contributed by atoms with van der Waals surface area (Å²) in [5.41, 5.74) is 2.41. The number of benzene rings is 1. The van der Waals surface area contributed by atoms with Gasteiger partial charge in [-0.05, 0) is 38.1 Å². The normalized spacial score (nSPS) is 15.2. The molecule has 8 heteroatoms. The van der Waals surface area contributed by atoms with Crippen molar-refractivity contribution in [2.24, 2.45) is 0 Å². The molecule has 1 aliphatic heterocycles. The Labute approximate surface area is 172 Å². The highest BCUT2D eigenvalue weighted by molar-refractivity contribution is 7.98. The second kappa shape index (κ2) is 8.57. The van der Waals surface area contributed by atoms with Gasteiger partial charge >= 0.3 is 0 Å². The van der Waals surface area contributed by atoms with Crippen LogP contribution < -0.4 is 14.8 Å². The number of hydrogen-bond donors (Lipinski definition) is 1. The number of pyridine rings is 1. The zero-order valence-electron chi connectivity index (χ0n) is 16.2. The molecule has 7 nitrogen and oxygen atoms in total. The molecule has 3 aromatic rings. The predicted octanol–water partition coefficient (Wildman–Crippen LogP) is 3.55. The van der Waals surface area contributed by atoms with Gasteiger partial charge in [-0.15, -0.1) is 11.8 Å². The second-order valence-corrected chi connectivity index (χ2v) is 7.62. The Kier molecular flexibility index (Phi) is 5.71. The summed E-state index contributed by atoms with van der Waals surface area (Å²) in [4.78, 5) is 17.1. The molecule has 0 saturated carbocycles. The van der Waals surface area contributed by atoms with Gasteiger partial charge in [0.15, 0.2) is 11.5 Å². The number of aryl methyl sites for hydroxylation is 2. The number of nitrogens with one attached hydrogen (secondary N) is 1. The fraction of sp³-hybridized carbons (Fsp3) is 0.286. The number of hydrogen-bond acceptors (Lipinski definition) is 7. The molecule has 0 unspecified atom stereocenters. The Morgan fingerprint density at radius 3 is 2.83 bits per heavy atom. The van der Waals surface area contributed by atoms with Crippen LogP contribution >= 0.6 is 11.8 Å². The lowest BCUT2D eigenvalue weighted by Crippen LogP contribution is -2.40. The van der Waals surface area contributed by atoms with Crippen molar-refractivity contribution in [3.8, 4) is 11.5 Å². The molecule has 0 saturated heterocycles. The molecule has 0 fully saturated rings. The van der Waals surface area contributed by atoms with Gasteiger partial charge in [-0.3, -0.25) is 4.79 Å². The molecule has 1 atom stereocenters. The molecule has 0 aliphatic carbocycles. The third kappa shape index (κ3) is 4.37. The lowest BCUT2D eigenvalue weighted by molar-refractivity contribution is 0.0787. The van der Waals surface area contributed by atoms with Gasteiger partial charge in [0.05, 0.1) is 17.8 Å². The molecule has 2 aromatic heterocycles. The maximum atomic E-state index is 12.8. The van der Waals surface area contributed by atoms with Crippen LogP contribution in [0.1, 0.15) is 27.4 Å². The molecule has 1 amide bonds. The van der Waals surface area contributed by atoms with Gasteiger partial charge in [0.25, 0.3) is 5.91 Å². The number of para-hydroxylation sites is 2. The van der Waals surface area contributed by atoms with Crippen LogP contribution in [0, 0.1) is 13.8 Å². The van der Waals surface area contributed by atoms with E-state index < -0.39 is 0 Å². The lowest BCUT2D eigenvalue weighted by atomic mass is 10.2. The van der Waals surface area contributed by atoms with Gasteiger partial charge in [0.1, 0.15) is 23.5 Å². The summed E-state index contributed by atoms with van der Waals surface area (Å²) in [5.74, 6) is 2.64. The van der Waals surface area contributed by atoms with Crippen LogP contribution in [0.2, 0.25) is 0 Å². The van der Waals surface area contributed by atoms with Crippen molar-refractivity contribution >= 4 is 17.7 Å². The van der Waals surface area contributed by atoms with Crippen molar-refractivity contribution in [3.05, 3.63) is 65.2 Å². The zero-order chi connectivity index (χ0) is 20.2. The third-order valence-electron chi connectivity index (χ3n) is 4.61. The smallest absolute Gasteiger partial charge is 0.254 e. The summed E-state index contributed by atoms with van der Waals surface area (Å²) < 4.78 is 16.8. The van der Waals surface area contributed by atoms with Gasteiger partial charge in [-0.25, -0.2) is 4.98 Å². The minimum Gasteiger partial charge on any atom is -0.486 e. The van der Waals surface area contributed by atoms with E-state index in [2.05, 4.69) is 15.5 Å². The maximum absolute atomic E-state index is 12.8. The average molecular weight is 411 g/mol. The number of fused-ring (bicyclic) bond motifs is 1. The van der Waals surface area contributed by atoms with E-state index >= 15 is 0 Å². The van der Waals surface area contributed by atoms with Crippen LogP contribution in [0.3, 0.4) is 0 Å². The zero-order valence-corrected chi connectivity index (χ0v) is 17.0. The minimum atomic E-state index is -0.246. The first kappa shape index (κ1) is 19.3. The first-order valence-corrected chi connectivity index (χ1v) is 10.3. The molecule has 150 valence electrons. The molecule has 3 heterocycles. The molecule has 1 aromatic carbocycles. The lowest BCUT2D eigenvalue weighted by Gasteiger charge is -2.26. The van der Waals surface area contributed by atoms with E-state index in [1.165, 1.54) is 11.8 Å². The first-order chi connectivity index (χ1) is 14.1. The van der Waals surface area contributed by atoms with E-state index in [1.807, 2.05) is 38.1 Å². The highest BCUT2D eigenvalue weighted by atomic mass is 32.2. The summed E-state index contributed by atoms with van der Waals surface area (Å²) in [7, 11) is 0. The Hall–Kier alpha value is -3.00. The van der Waals surface area contributed by atoms with Gasteiger partial charge in [-0.2, -0.15) is 0 Å².